The highest BCUT2D eigenvalue weighted by atomic mass is 33.1. The number of nitriles is 1. The van der Waals surface area contributed by atoms with Gasteiger partial charge in [0.1, 0.15) is 0 Å². The number of nitrogens with zero attached hydrogens (tertiary/aromatic N) is 2. The second kappa shape index (κ2) is 11.4. The minimum absolute atomic E-state index is 0.0474. The van der Waals surface area contributed by atoms with Crippen LogP contribution in [0.2, 0.25) is 0 Å². The summed E-state index contributed by atoms with van der Waals surface area (Å²) >= 11 is 0. The maximum Gasteiger partial charge on any atom is 0.259 e. The molecular weight excluding hydrogens is 483 g/mol. The summed E-state index contributed by atoms with van der Waals surface area (Å²) in [6, 6.07) is 11.2. The average Bonchev–Trinajstić information content (AvgIpc) is 3.06. The lowest BCUT2D eigenvalue weighted by Crippen LogP contribution is -2.49. The van der Waals surface area contributed by atoms with Crippen LogP contribution in [0.4, 0.5) is 0 Å². The van der Waals surface area contributed by atoms with Crippen LogP contribution in [0.25, 0.3) is 0 Å². The lowest BCUT2D eigenvalue weighted by Gasteiger charge is -2.45. The minimum atomic E-state index is -3.42. The Morgan fingerprint density at radius 3 is 2.41 bits per heavy atom. The van der Waals surface area contributed by atoms with Crippen molar-refractivity contribution >= 4 is 40.0 Å². The monoisotopic (exact) mass is 516 g/mol. The molecule has 3 unspecified atom stereocenters. The van der Waals surface area contributed by atoms with E-state index in [0.717, 1.165) is 19.3 Å². The summed E-state index contributed by atoms with van der Waals surface area (Å²) in [5, 5.41) is 8.81. The van der Waals surface area contributed by atoms with Crippen molar-refractivity contribution < 1.29 is 17.5 Å². The molecule has 1 aromatic carbocycles. The number of hydrogen-bond acceptors (Lipinski definition) is 8. The minimum Gasteiger partial charge on any atom is -0.321 e. The fourth-order valence-corrected chi connectivity index (χ4v) is 12.3. The van der Waals surface area contributed by atoms with Gasteiger partial charge in [0.05, 0.1) is 45.8 Å². The molecule has 1 saturated carbocycles. The molecule has 0 aromatic heterocycles. The van der Waals surface area contributed by atoms with E-state index in [1.54, 1.807) is 45.9 Å². The summed E-state index contributed by atoms with van der Waals surface area (Å²) in [5.41, 5.74) is 0. The third-order valence-electron chi connectivity index (χ3n) is 5.75. The third kappa shape index (κ3) is 6.02. The van der Waals surface area contributed by atoms with Crippen LogP contribution in [0.3, 0.4) is 0 Å². The van der Waals surface area contributed by atoms with Gasteiger partial charge in [-0.05, 0) is 52.7 Å². The Bertz CT molecular complexity index is 880. The molecule has 2 fully saturated rings. The van der Waals surface area contributed by atoms with Crippen LogP contribution >= 0.6 is 30.1 Å². The van der Waals surface area contributed by atoms with Gasteiger partial charge in [0.2, 0.25) is 0 Å². The molecule has 3 atom stereocenters. The number of rotatable bonds is 11. The molecular formula is C22H33N2O4PS3. The normalized spacial score (nSPS) is 23.6. The van der Waals surface area contributed by atoms with Gasteiger partial charge in [0.25, 0.3) is 8.53 Å². The first kappa shape index (κ1) is 26.3. The van der Waals surface area contributed by atoms with Crippen LogP contribution < -0.4 is 0 Å². The highest BCUT2D eigenvalue weighted by Crippen LogP contribution is 2.64. The van der Waals surface area contributed by atoms with Crippen molar-refractivity contribution in [3.05, 3.63) is 30.3 Å². The first-order chi connectivity index (χ1) is 15.2. The first-order valence-electron chi connectivity index (χ1n) is 11.1. The Morgan fingerprint density at radius 1 is 1.22 bits per heavy atom. The fourth-order valence-electron chi connectivity index (χ4n) is 4.10. The molecule has 1 aliphatic carbocycles. The van der Waals surface area contributed by atoms with Crippen LogP contribution in [0.5, 0.6) is 0 Å². The van der Waals surface area contributed by atoms with Crippen LogP contribution in [0.1, 0.15) is 53.4 Å². The van der Waals surface area contributed by atoms with E-state index in [1.165, 1.54) is 0 Å². The lowest BCUT2D eigenvalue weighted by atomic mass is 9.79. The zero-order valence-corrected chi connectivity index (χ0v) is 22.5. The molecule has 0 amide bonds. The van der Waals surface area contributed by atoms with Crippen molar-refractivity contribution in [2.45, 2.75) is 86.5 Å². The van der Waals surface area contributed by atoms with E-state index in [2.05, 4.69) is 38.4 Å². The van der Waals surface area contributed by atoms with Crippen LogP contribution in [0, 0.1) is 11.3 Å². The van der Waals surface area contributed by atoms with Gasteiger partial charge in [-0.1, -0.05) is 46.2 Å². The van der Waals surface area contributed by atoms with Gasteiger partial charge in [-0.2, -0.15) is 5.26 Å². The van der Waals surface area contributed by atoms with Crippen molar-refractivity contribution in [2.24, 2.45) is 0 Å². The molecule has 1 saturated heterocycles. The zero-order valence-electron chi connectivity index (χ0n) is 19.1. The predicted molar refractivity (Wildman–Crippen MR) is 134 cm³/mol. The fraction of sp³-hybridized carbons (Fsp3) is 0.682. The van der Waals surface area contributed by atoms with E-state index in [9.17, 15) is 8.42 Å². The average molecular weight is 517 g/mol. The smallest absolute Gasteiger partial charge is 0.259 e. The van der Waals surface area contributed by atoms with Crippen LogP contribution in [0.15, 0.2) is 35.2 Å². The molecule has 1 heterocycles. The van der Waals surface area contributed by atoms with E-state index in [0.29, 0.717) is 17.9 Å². The Balaban J connectivity index is 1.84. The van der Waals surface area contributed by atoms with Gasteiger partial charge in [0, 0.05) is 12.1 Å². The molecule has 10 heteroatoms. The molecule has 6 nitrogen and oxygen atoms in total. The Hall–Kier alpha value is -0.330. The van der Waals surface area contributed by atoms with Gasteiger partial charge in [0.15, 0.2) is 9.84 Å². The molecule has 2 aliphatic rings. The summed E-state index contributed by atoms with van der Waals surface area (Å²) in [6.45, 7) is 8.76. The standard InChI is InChI=1S/C22H33N2O4PS3/c1-17(2)24(18(3)4)29(27-15-9-14-23)28-21-20(30-31-22(21)12-8-13-22)16-32(25,26)19-10-6-5-7-11-19/h5-7,10-11,17-18,20-21H,8-9,12-13,15-16H2,1-4H3. The number of hydrogen-bond donors (Lipinski definition) is 0. The summed E-state index contributed by atoms with van der Waals surface area (Å²) in [5.74, 6) is 0.0474. The van der Waals surface area contributed by atoms with Crippen molar-refractivity contribution in [1.82, 2.24) is 4.67 Å². The van der Waals surface area contributed by atoms with Crippen molar-refractivity contribution in [3.8, 4) is 6.07 Å². The Kier molecular flexibility index (Phi) is 9.36. The van der Waals surface area contributed by atoms with Crippen molar-refractivity contribution in [1.29, 1.82) is 5.26 Å². The largest absolute Gasteiger partial charge is 0.321 e. The summed E-state index contributed by atoms with van der Waals surface area (Å²) in [6.07, 6.45) is 3.29. The molecule has 1 aromatic rings. The highest BCUT2D eigenvalue weighted by molar-refractivity contribution is 8.78. The molecule has 178 valence electrons. The molecule has 0 bridgehead atoms. The van der Waals surface area contributed by atoms with Crippen molar-refractivity contribution in [3.63, 3.8) is 0 Å². The maximum atomic E-state index is 13.1. The molecule has 3 rings (SSSR count). The summed E-state index contributed by atoms with van der Waals surface area (Å²) in [4.78, 5) is 0.359. The molecule has 32 heavy (non-hydrogen) atoms. The first-order valence-corrected chi connectivity index (χ1v) is 16.1. The van der Waals surface area contributed by atoms with Gasteiger partial charge in [-0.3, -0.25) is 0 Å². The Labute approximate surface area is 202 Å². The summed E-state index contributed by atoms with van der Waals surface area (Å²) in [7, 11) is -1.40. The topological polar surface area (TPSA) is 79.6 Å². The van der Waals surface area contributed by atoms with Gasteiger partial charge in [-0.25, -0.2) is 13.1 Å². The zero-order chi connectivity index (χ0) is 23.4. The quantitative estimate of drug-likeness (QED) is 0.207. The number of benzene rings is 1. The van der Waals surface area contributed by atoms with E-state index < -0.39 is 18.4 Å². The SMILES string of the molecule is CC(C)N(C(C)C)P(OCCC#N)OC1C(CS(=O)(=O)c2ccccc2)SSC12CCC2. The van der Waals surface area contributed by atoms with E-state index in [-0.39, 0.29) is 33.9 Å². The third-order valence-corrected chi connectivity index (χ3v) is 13.6. The van der Waals surface area contributed by atoms with Crippen LogP contribution in [-0.2, 0) is 18.9 Å². The predicted octanol–water partition coefficient (Wildman–Crippen LogP) is 5.81. The second-order valence-electron chi connectivity index (χ2n) is 8.80. The van der Waals surface area contributed by atoms with Gasteiger partial charge >= 0.3 is 0 Å². The Morgan fingerprint density at radius 2 is 1.88 bits per heavy atom. The van der Waals surface area contributed by atoms with E-state index in [1.807, 2.05) is 6.07 Å². The van der Waals surface area contributed by atoms with Gasteiger partial charge < -0.3 is 9.05 Å². The molecule has 0 N–H and O–H groups in total. The maximum absolute atomic E-state index is 13.1. The van der Waals surface area contributed by atoms with E-state index >= 15 is 0 Å². The van der Waals surface area contributed by atoms with Gasteiger partial charge in [-0.15, -0.1) is 0 Å². The summed E-state index contributed by atoms with van der Waals surface area (Å²) < 4.78 is 41.3. The molecule has 1 spiro atoms. The lowest BCUT2D eigenvalue weighted by molar-refractivity contribution is 0.0834. The van der Waals surface area contributed by atoms with E-state index in [4.69, 9.17) is 14.3 Å². The molecule has 1 aliphatic heterocycles. The molecule has 0 radical (unpaired) electrons. The highest BCUT2D eigenvalue weighted by Gasteiger charge is 2.57. The second-order valence-corrected chi connectivity index (χ2v) is 15.1. The van der Waals surface area contributed by atoms with Crippen LogP contribution in [-0.4, -0.2) is 53.6 Å². The van der Waals surface area contributed by atoms with Crippen molar-refractivity contribution in [2.75, 3.05) is 12.4 Å². The number of sulfone groups is 1.